The third-order valence-corrected chi connectivity index (χ3v) is 7.60. The van der Waals surface area contributed by atoms with Crippen LogP contribution >= 0.6 is 46.1 Å². The molecule has 0 aliphatic carbocycles. The number of nitrogens with one attached hydrogen (secondary N) is 2. The summed E-state index contributed by atoms with van der Waals surface area (Å²) in [4.78, 5) is 16.7. The Morgan fingerprint density at radius 3 is 2.39 bits per heavy atom. The summed E-state index contributed by atoms with van der Waals surface area (Å²) in [6, 6.07) is 8.85. The first-order valence-corrected chi connectivity index (χ1v) is 12.8. The van der Waals surface area contributed by atoms with Crippen molar-refractivity contribution < 1.29 is 13.2 Å². The molecule has 1 fully saturated rings. The number of anilines is 5. The number of hydrogen-bond acceptors (Lipinski definition) is 7. The lowest BCUT2D eigenvalue weighted by Gasteiger charge is -2.22. The standard InChI is InChI=1S/C23H18Cl3F3N6S/c1-11-4-3-9-35(11)21-33-19(30-12-7-8-13(16(26)10-12)23(27,28)29)18-20(34-21)36-22(32-18)31-17-14(24)5-2-6-15(17)25/h2,5-8,10-11H,3-4,9H2,1H3,(H,31,32)(H,30,33,34). The van der Waals surface area contributed by atoms with Crippen molar-refractivity contribution in [2.24, 2.45) is 0 Å². The summed E-state index contributed by atoms with van der Waals surface area (Å²) in [6.07, 6.45) is -2.52. The Bertz CT molecular complexity index is 1420. The first-order valence-electron chi connectivity index (χ1n) is 10.9. The molecule has 36 heavy (non-hydrogen) atoms. The maximum Gasteiger partial charge on any atom is 0.417 e. The fourth-order valence-corrected chi connectivity index (χ4v) is 5.61. The average Bonchev–Trinajstić information content (AvgIpc) is 3.41. The molecular formula is C23H18Cl3F3N6S. The molecule has 188 valence electrons. The minimum Gasteiger partial charge on any atom is -0.338 e. The van der Waals surface area contributed by atoms with Gasteiger partial charge in [-0.05, 0) is 50.1 Å². The number of thiazole rings is 1. The second kappa shape index (κ2) is 9.74. The van der Waals surface area contributed by atoms with E-state index in [1.807, 2.05) is 0 Å². The Kier molecular flexibility index (Phi) is 6.80. The van der Waals surface area contributed by atoms with Crippen molar-refractivity contribution in [1.82, 2.24) is 15.0 Å². The molecule has 0 spiro atoms. The second-order valence-corrected chi connectivity index (χ2v) is 10.5. The predicted octanol–water partition coefficient (Wildman–Crippen LogP) is 8.54. The van der Waals surface area contributed by atoms with Gasteiger partial charge in [-0.1, -0.05) is 52.2 Å². The average molecular weight is 574 g/mol. The molecule has 2 aromatic heterocycles. The van der Waals surface area contributed by atoms with Crippen LogP contribution in [-0.2, 0) is 6.18 Å². The SMILES string of the molecule is CC1CCCN1c1nc(Nc2ccc(C(F)(F)F)c(Cl)c2)c2nc(Nc3c(Cl)cccc3Cl)sc2n1. The van der Waals surface area contributed by atoms with Gasteiger partial charge in [0.1, 0.15) is 5.52 Å². The van der Waals surface area contributed by atoms with Crippen molar-refractivity contribution in [2.45, 2.75) is 32.0 Å². The van der Waals surface area contributed by atoms with Crippen LogP contribution in [0.5, 0.6) is 0 Å². The first-order chi connectivity index (χ1) is 17.1. The molecule has 0 amide bonds. The molecule has 1 aliphatic heterocycles. The fourth-order valence-electron chi connectivity index (χ4n) is 3.99. The lowest BCUT2D eigenvalue weighted by Crippen LogP contribution is -2.28. The monoisotopic (exact) mass is 572 g/mol. The lowest BCUT2D eigenvalue weighted by molar-refractivity contribution is -0.137. The van der Waals surface area contributed by atoms with Crippen molar-refractivity contribution >= 4 is 84.8 Å². The Morgan fingerprint density at radius 2 is 1.75 bits per heavy atom. The van der Waals surface area contributed by atoms with E-state index < -0.39 is 16.8 Å². The normalized spacial score (nSPS) is 16.1. The number of rotatable bonds is 5. The Labute approximate surface area is 223 Å². The summed E-state index contributed by atoms with van der Waals surface area (Å²) in [7, 11) is 0. The van der Waals surface area contributed by atoms with Crippen LogP contribution in [0.15, 0.2) is 36.4 Å². The molecule has 13 heteroatoms. The van der Waals surface area contributed by atoms with Crippen molar-refractivity contribution in [3.05, 3.63) is 57.0 Å². The van der Waals surface area contributed by atoms with E-state index in [2.05, 4.69) is 32.4 Å². The zero-order valence-electron chi connectivity index (χ0n) is 18.6. The van der Waals surface area contributed by atoms with Crippen molar-refractivity contribution in [3.63, 3.8) is 0 Å². The number of aromatic nitrogens is 3. The van der Waals surface area contributed by atoms with E-state index in [1.54, 1.807) is 18.2 Å². The highest BCUT2D eigenvalue weighted by atomic mass is 35.5. The predicted molar refractivity (Wildman–Crippen MR) is 141 cm³/mol. The van der Waals surface area contributed by atoms with Crippen LogP contribution in [0, 0.1) is 0 Å². The van der Waals surface area contributed by atoms with Gasteiger partial charge in [0.2, 0.25) is 5.95 Å². The van der Waals surface area contributed by atoms with Crippen LogP contribution in [0.1, 0.15) is 25.3 Å². The highest BCUT2D eigenvalue weighted by Gasteiger charge is 2.33. The molecule has 3 heterocycles. The van der Waals surface area contributed by atoms with E-state index >= 15 is 0 Å². The fraction of sp³-hybridized carbons (Fsp3) is 0.261. The molecule has 5 rings (SSSR count). The Hall–Kier alpha value is -2.53. The van der Waals surface area contributed by atoms with Crippen LogP contribution in [0.2, 0.25) is 15.1 Å². The number of para-hydroxylation sites is 1. The molecular weight excluding hydrogens is 556 g/mol. The van der Waals surface area contributed by atoms with Crippen molar-refractivity contribution in [1.29, 1.82) is 0 Å². The van der Waals surface area contributed by atoms with Crippen molar-refractivity contribution in [2.75, 3.05) is 22.1 Å². The summed E-state index contributed by atoms with van der Waals surface area (Å²) in [5.41, 5.74) is 0.374. The lowest BCUT2D eigenvalue weighted by atomic mass is 10.2. The maximum atomic E-state index is 13.2. The van der Waals surface area contributed by atoms with Gasteiger partial charge in [0.05, 0.1) is 26.3 Å². The molecule has 6 nitrogen and oxygen atoms in total. The maximum absolute atomic E-state index is 13.2. The molecule has 2 aromatic carbocycles. The number of hydrogen-bond donors (Lipinski definition) is 2. The third-order valence-electron chi connectivity index (χ3n) is 5.79. The van der Waals surface area contributed by atoms with E-state index in [4.69, 9.17) is 39.8 Å². The summed E-state index contributed by atoms with van der Waals surface area (Å²) >= 11 is 19.8. The van der Waals surface area contributed by atoms with E-state index in [0.29, 0.717) is 48.7 Å². The third kappa shape index (κ3) is 5.00. The number of halogens is 6. The molecule has 2 N–H and O–H groups in total. The van der Waals surface area contributed by atoms with Gasteiger partial charge in [0.25, 0.3) is 0 Å². The van der Waals surface area contributed by atoms with E-state index in [0.717, 1.165) is 25.5 Å². The van der Waals surface area contributed by atoms with Gasteiger partial charge in [-0.25, -0.2) is 4.98 Å². The number of fused-ring (bicyclic) bond motifs is 1. The van der Waals surface area contributed by atoms with Gasteiger partial charge in [-0.15, -0.1) is 0 Å². The van der Waals surface area contributed by atoms with Gasteiger partial charge in [-0.3, -0.25) is 0 Å². The minimum absolute atomic E-state index is 0.253. The Morgan fingerprint density at radius 1 is 1.00 bits per heavy atom. The quantitative estimate of drug-likeness (QED) is 0.249. The highest BCUT2D eigenvalue weighted by molar-refractivity contribution is 7.22. The summed E-state index contributed by atoms with van der Waals surface area (Å²) in [6.45, 7) is 2.90. The molecule has 1 atom stereocenters. The summed E-state index contributed by atoms with van der Waals surface area (Å²) in [5, 5.41) is 7.14. The largest absolute Gasteiger partial charge is 0.417 e. The number of alkyl halides is 3. The zero-order valence-corrected chi connectivity index (χ0v) is 21.7. The van der Waals surface area contributed by atoms with E-state index in [9.17, 15) is 13.2 Å². The zero-order chi connectivity index (χ0) is 25.6. The topological polar surface area (TPSA) is 66.0 Å². The smallest absolute Gasteiger partial charge is 0.338 e. The molecule has 4 aromatic rings. The van der Waals surface area contributed by atoms with Gasteiger partial charge >= 0.3 is 6.18 Å². The Balaban J connectivity index is 1.57. The van der Waals surface area contributed by atoms with Crippen LogP contribution in [-0.4, -0.2) is 27.5 Å². The van der Waals surface area contributed by atoms with Gasteiger partial charge in [0, 0.05) is 18.3 Å². The van der Waals surface area contributed by atoms with E-state index in [-0.39, 0.29) is 6.04 Å². The number of nitrogens with zero attached hydrogens (tertiary/aromatic N) is 4. The van der Waals surface area contributed by atoms with Crippen LogP contribution in [0.4, 0.5) is 41.4 Å². The molecule has 1 unspecified atom stereocenters. The molecule has 0 radical (unpaired) electrons. The molecule has 0 bridgehead atoms. The van der Waals surface area contributed by atoms with Gasteiger partial charge in [-0.2, -0.15) is 23.1 Å². The molecule has 1 saturated heterocycles. The second-order valence-electron chi connectivity index (χ2n) is 8.27. The van der Waals surface area contributed by atoms with Gasteiger partial charge < -0.3 is 15.5 Å². The van der Waals surface area contributed by atoms with Crippen LogP contribution in [0.25, 0.3) is 10.3 Å². The van der Waals surface area contributed by atoms with Gasteiger partial charge in [0.15, 0.2) is 15.8 Å². The summed E-state index contributed by atoms with van der Waals surface area (Å²) in [5.74, 6) is 0.860. The summed E-state index contributed by atoms with van der Waals surface area (Å²) < 4.78 is 39.5. The van der Waals surface area contributed by atoms with Crippen LogP contribution < -0.4 is 15.5 Å². The van der Waals surface area contributed by atoms with Crippen molar-refractivity contribution in [3.8, 4) is 0 Å². The molecule has 1 aliphatic rings. The number of benzene rings is 2. The molecule has 0 saturated carbocycles. The highest BCUT2D eigenvalue weighted by Crippen LogP contribution is 2.39. The first kappa shape index (κ1) is 25.1. The minimum atomic E-state index is -4.55. The van der Waals surface area contributed by atoms with E-state index in [1.165, 1.54) is 23.5 Å². The van der Waals surface area contributed by atoms with Crippen LogP contribution in [0.3, 0.4) is 0 Å².